The van der Waals surface area contributed by atoms with Crippen LogP contribution in [0.15, 0.2) is 10.9 Å². The first-order valence-electron chi connectivity index (χ1n) is 10.00. The molecule has 0 unspecified atom stereocenters. The maximum Gasteiger partial charge on any atom is 0.279 e. The highest BCUT2D eigenvalue weighted by atomic mass is 32.1. The lowest BCUT2D eigenvalue weighted by atomic mass is 10.1. The molecule has 2 amide bonds. The van der Waals surface area contributed by atoms with Crippen molar-refractivity contribution in [3.63, 3.8) is 0 Å². The number of carbonyl (C=O) groups excluding carboxylic acids is 2. The van der Waals surface area contributed by atoms with Gasteiger partial charge in [-0.25, -0.2) is 4.98 Å². The highest BCUT2D eigenvalue weighted by molar-refractivity contribution is 7.14. The Morgan fingerprint density at radius 3 is 2.63 bits per heavy atom. The number of H-pyrrole nitrogens is 1. The van der Waals surface area contributed by atoms with Crippen LogP contribution in [0.5, 0.6) is 0 Å². The van der Waals surface area contributed by atoms with E-state index in [-0.39, 0.29) is 30.2 Å². The third-order valence-electron chi connectivity index (χ3n) is 5.00. The Bertz CT molecular complexity index is 978. The SMILES string of the molecule is CCc1sc(C(=O)NNC(=O)CCc2c(C)nc(N3CCOCC3)[nH]c2=O)cc1C. The molecule has 1 aliphatic rings. The fraction of sp³-hybridized carbons (Fsp3) is 0.500. The van der Waals surface area contributed by atoms with E-state index in [1.165, 1.54) is 11.3 Å². The van der Waals surface area contributed by atoms with E-state index in [4.69, 9.17) is 4.74 Å². The van der Waals surface area contributed by atoms with Gasteiger partial charge in [0.05, 0.1) is 18.1 Å². The minimum Gasteiger partial charge on any atom is -0.378 e. The predicted molar refractivity (Wildman–Crippen MR) is 115 cm³/mol. The summed E-state index contributed by atoms with van der Waals surface area (Å²) in [4.78, 5) is 47.8. The lowest BCUT2D eigenvalue weighted by Crippen LogP contribution is -2.41. The Labute approximate surface area is 178 Å². The molecular formula is C20H27N5O4S. The van der Waals surface area contributed by atoms with Crippen molar-refractivity contribution in [3.05, 3.63) is 43.0 Å². The smallest absolute Gasteiger partial charge is 0.279 e. The van der Waals surface area contributed by atoms with Gasteiger partial charge in [-0.3, -0.25) is 30.2 Å². The Morgan fingerprint density at radius 1 is 1.27 bits per heavy atom. The number of hydrogen-bond acceptors (Lipinski definition) is 7. The average Bonchev–Trinajstić information content (AvgIpc) is 3.12. The van der Waals surface area contributed by atoms with Gasteiger partial charge in [-0.05, 0) is 38.3 Å². The lowest BCUT2D eigenvalue weighted by molar-refractivity contribution is -0.121. The maximum atomic E-state index is 12.5. The molecule has 0 spiro atoms. The van der Waals surface area contributed by atoms with Crippen molar-refractivity contribution >= 4 is 29.1 Å². The van der Waals surface area contributed by atoms with Crippen molar-refractivity contribution < 1.29 is 14.3 Å². The first kappa shape index (κ1) is 22.0. The number of nitrogens with one attached hydrogen (secondary N) is 3. The third kappa shape index (κ3) is 5.25. The molecule has 9 nitrogen and oxygen atoms in total. The van der Waals surface area contributed by atoms with Gasteiger partial charge in [0.1, 0.15) is 0 Å². The molecule has 162 valence electrons. The monoisotopic (exact) mass is 433 g/mol. The van der Waals surface area contributed by atoms with Crippen molar-refractivity contribution in [2.24, 2.45) is 0 Å². The van der Waals surface area contributed by atoms with E-state index < -0.39 is 0 Å². The first-order chi connectivity index (χ1) is 14.4. The van der Waals surface area contributed by atoms with Crippen LogP contribution in [0.1, 0.15) is 44.7 Å². The molecule has 0 aliphatic carbocycles. The third-order valence-corrected chi connectivity index (χ3v) is 6.38. The molecule has 0 radical (unpaired) electrons. The highest BCUT2D eigenvalue weighted by Gasteiger charge is 2.17. The summed E-state index contributed by atoms with van der Waals surface area (Å²) in [5.41, 5.74) is 6.73. The summed E-state index contributed by atoms with van der Waals surface area (Å²) in [5.74, 6) is -0.191. The minimum absolute atomic E-state index is 0.0620. The van der Waals surface area contributed by atoms with E-state index in [1.54, 1.807) is 6.92 Å². The second-order valence-electron chi connectivity index (χ2n) is 7.13. The van der Waals surface area contributed by atoms with Gasteiger partial charge in [0.15, 0.2) is 0 Å². The van der Waals surface area contributed by atoms with Gasteiger partial charge in [0.25, 0.3) is 11.5 Å². The van der Waals surface area contributed by atoms with Gasteiger partial charge in [0, 0.05) is 35.6 Å². The molecule has 2 aromatic rings. The zero-order valence-electron chi connectivity index (χ0n) is 17.5. The van der Waals surface area contributed by atoms with Gasteiger partial charge >= 0.3 is 0 Å². The number of aryl methyl sites for hydroxylation is 3. The molecule has 1 aliphatic heterocycles. The molecule has 10 heteroatoms. The van der Waals surface area contributed by atoms with Crippen molar-refractivity contribution in [1.82, 2.24) is 20.8 Å². The summed E-state index contributed by atoms with van der Waals surface area (Å²) in [6.45, 7) is 8.30. The van der Waals surface area contributed by atoms with Crippen LogP contribution >= 0.6 is 11.3 Å². The van der Waals surface area contributed by atoms with Crippen LogP contribution in [0.3, 0.4) is 0 Å². The van der Waals surface area contributed by atoms with Crippen LogP contribution in [-0.4, -0.2) is 48.1 Å². The van der Waals surface area contributed by atoms with E-state index in [2.05, 4.69) is 20.8 Å². The zero-order chi connectivity index (χ0) is 21.7. The second kappa shape index (κ2) is 9.86. The molecule has 2 aromatic heterocycles. The number of anilines is 1. The standard InChI is InChI=1S/C20H27N5O4S/c1-4-15-12(2)11-16(30-15)19(28)24-23-17(26)6-5-14-13(3)21-20(22-18(14)27)25-7-9-29-10-8-25/h11H,4-10H2,1-3H3,(H,23,26)(H,24,28)(H,21,22,27). The molecule has 30 heavy (non-hydrogen) atoms. The molecule has 3 rings (SSSR count). The van der Waals surface area contributed by atoms with Crippen molar-refractivity contribution in [1.29, 1.82) is 0 Å². The summed E-state index contributed by atoms with van der Waals surface area (Å²) in [6, 6.07) is 1.82. The average molecular weight is 434 g/mol. The van der Waals surface area contributed by atoms with Crippen molar-refractivity contribution in [2.45, 2.75) is 40.0 Å². The molecule has 0 bridgehead atoms. The number of aromatic nitrogens is 2. The number of ether oxygens (including phenoxy) is 1. The molecule has 3 N–H and O–H groups in total. The largest absolute Gasteiger partial charge is 0.378 e. The quantitative estimate of drug-likeness (QED) is 0.590. The molecule has 1 fully saturated rings. The van der Waals surface area contributed by atoms with E-state index in [1.807, 2.05) is 24.8 Å². The van der Waals surface area contributed by atoms with Crippen LogP contribution in [0, 0.1) is 13.8 Å². The van der Waals surface area contributed by atoms with Gasteiger partial charge in [0.2, 0.25) is 11.9 Å². The van der Waals surface area contributed by atoms with Crippen LogP contribution in [0.4, 0.5) is 5.95 Å². The fourth-order valence-electron chi connectivity index (χ4n) is 3.29. The number of hydrogen-bond donors (Lipinski definition) is 3. The zero-order valence-corrected chi connectivity index (χ0v) is 18.3. The number of thiophene rings is 1. The topological polar surface area (TPSA) is 116 Å². The predicted octanol–water partition coefficient (Wildman–Crippen LogP) is 1.24. The summed E-state index contributed by atoms with van der Waals surface area (Å²) >= 11 is 1.42. The van der Waals surface area contributed by atoms with Crippen molar-refractivity contribution in [3.8, 4) is 0 Å². The van der Waals surface area contributed by atoms with Gasteiger partial charge in [-0.1, -0.05) is 6.92 Å². The Kier molecular flexibility index (Phi) is 7.22. The van der Waals surface area contributed by atoms with Gasteiger partial charge in [-0.2, -0.15) is 0 Å². The second-order valence-corrected chi connectivity index (χ2v) is 8.26. The van der Waals surface area contributed by atoms with Crippen LogP contribution in [-0.2, 0) is 22.4 Å². The lowest BCUT2D eigenvalue weighted by Gasteiger charge is -2.27. The Morgan fingerprint density at radius 2 is 2.00 bits per heavy atom. The van der Waals surface area contributed by atoms with E-state index in [9.17, 15) is 14.4 Å². The molecular weight excluding hydrogens is 406 g/mol. The van der Waals surface area contributed by atoms with Gasteiger partial charge < -0.3 is 9.64 Å². The number of nitrogens with zero attached hydrogens (tertiary/aromatic N) is 2. The Balaban J connectivity index is 1.53. The summed E-state index contributed by atoms with van der Waals surface area (Å²) in [6.07, 6.45) is 1.16. The summed E-state index contributed by atoms with van der Waals surface area (Å²) in [5, 5.41) is 0. The summed E-state index contributed by atoms with van der Waals surface area (Å²) in [7, 11) is 0. The molecule has 0 atom stereocenters. The number of carbonyl (C=O) groups is 2. The molecule has 0 aromatic carbocycles. The molecule has 0 saturated carbocycles. The van der Waals surface area contributed by atoms with E-state index >= 15 is 0 Å². The van der Waals surface area contributed by atoms with E-state index in [0.29, 0.717) is 48.4 Å². The van der Waals surface area contributed by atoms with Crippen molar-refractivity contribution in [2.75, 3.05) is 31.2 Å². The number of amides is 2. The van der Waals surface area contributed by atoms with E-state index in [0.717, 1.165) is 16.9 Å². The Hall–Kier alpha value is -2.72. The number of rotatable bonds is 6. The fourth-order valence-corrected chi connectivity index (χ4v) is 4.30. The first-order valence-corrected chi connectivity index (χ1v) is 10.8. The van der Waals surface area contributed by atoms with Crippen LogP contribution in [0.2, 0.25) is 0 Å². The van der Waals surface area contributed by atoms with Gasteiger partial charge in [-0.15, -0.1) is 11.3 Å². The normalized spacial score (nSPS) is 13.9. The maximum absolute atomic E-state index is 12.5. The van der Waals surface area contributed by atoms with Crippen LogP contribution < -0.4 is 21.3 Å². The summed E-state index contributed by atoms with van der Waals surface area (Å²) < 4.78 is 5.32. The highest BCUT2D eigenvalue weighted by Crippen LogP contribution is 2.22. The number of hydrazine groups is 1. The number of morpholine rings is 1. The molecule has 1 saturated heterocycles. The van der Waals surface area contributed by atoms with Crippen LogP contribution in [0.25, 0.3) is 0 Å². The number of aromatic amines is 1. The minimum atomic E-state index is -0.372. The molecule has 3 heterocycles.